The molecule has 0 atom stereocenters. The molecule has 3 aliphatic rings. The van der Waals surface area contributed by atoms with Gasteiger partial charge in [-0.2, -0.15) is 0 Å². The first-order valence-electron chi connectivity index (χ1n) is 10.8. The molecular weight excluding hydrogens is 505 g/mol. The Balaban J connectivity index is 1.93. The Morgan fingerprint density at radius 1 is 1.10 bits per heavy atom. The van der Waals surface area contributed by atoms with Crippen LogP contribution in [0.15, 0.2) is 34.7 Å². The minimum absolute atomic E-state index is 0.141. The van der Waals surface area contributed by atoms with E-state index in [1.807, 2.05) is 12.1 Å². The van der Waals surface area contributed by atoms with Crippen LogP contribution in [0.5, 0.6) is 11.5 Å². The van der Waals surface area contributed by atoms with E-state index >= 15 is 0 Å². The van der Waals surface area contributed by atoms with Gasteiger partial charge in [-0.1, -0.05) is 5.92 Å². The van der Waals surface area contributed by atoms with Crippen molar-refractivity contribution < 1.29 is 19.1 Å². The molecule has 2 aliphatic carbocycles. The molecule has 4 rings (SSSR count). The lowest BCUT2D eigenvalue weighted by molar-refractivity contribution is -0.117. The quantitative estimate of drug-likeness (QED) is 0.406. The van der Waals surface area contributed by atoms with Crippen LogP contribution in [0.3, 0.4) is 0 Å². The molecule has 0 bridgehead atoms. The van der Waals surface area contributed by atoms with Crippen LogP contribution in [0.25, 0.3) is 0 Å². The predicted molar refractivity (Wildman–Crippen MR) is 127 cm³/mol. The van der Waals surface area contributed by atoms with Crippen molar-refractivity contribution in [1.29, 1.82) is 0 Å². The highest BCUT2D eigenvalue weighted by Gasteiger charge is 2.43. The number of Topliss-reactive ketones (excluding diaryl/α,β-unsaturated/α-hetero) is 2. The molecule has 5 nitrogen and oxygen atoms in total. The maximum Gasteiger partial charge on any atom is 0.175 e. The van der Waals surface area contributed by atoms with E-state index in [1.54, 1.807) is 7.11 Å². The minimum Gasteiger partial charge on any atom is -0.493 e. The Morgan fingerprint density at radius 2 is 1.71 bits per heavy atom. The normalized spacial score (nSPS) is 19.2. The summed E-state index contributed by atoms with van der Waals surface area (Å²) in [6.07, 6.45) is 9.87. The molecular formula is C25H26INO4. The molecule has 0 unspecified atom stereocenters. The number of halogens is 1. The van der Waals surface area contributed by atoms with Crippen molar-refractivity contribution in [2.24, 2.45) is 0 Å². The molecule has 162 valence electrons. The Kier molecular flexibility index (Phi) is 6.42. The highest BCUT2D eigenvalue weighted by Crippen LogP contribution is 2.50. The number of ketones is 2. The molecule has 0 saturated carbocycles. The fourth-order valence-electron chi connectivity index (χ4n) is 5.09. The monoisotopic (exact) mass is 531 g/mol. The van der Waals surface area contributed by atoms with Gasteiger partial charge in [-0.25, -0.2) is 0 Å². The number of nitrogens with zero attached hydrogens (tertiary/aromatic N) is 1. The summed E-state index contributed by atoms with van der Waals surface area (Å²) >= 11 is 2.20. The second kappa shape index (κ2) is 9.07. The van der Waals surface area contributed by atoms with Crippen LogP contribution in [0.1, 0.15) is 56.9 Å². The van der Waals surface area contributed by atoms with Gasteiger partial charge >= 0.3 is 0 Å². The average Bonchev–Trinajstić information content (AvgIpc) is 2.76. The van der Waals surface area contributed by atoms with Crippen LogP contribution in [0.4, 0.5) is 0 Å². The first kappa shape index (κ1) is 21.9. The summed E-state index contributed by atoms with van der Waals surface area (Å²) in [5.41, 5.74) is 4.67. The van der Waals surface area contributed by atoms with Gasteiger partial charge in [0.2, 0.25) is 0 Å². The molecule has 0 spiro atoms. The van der Waals surface area contributed by atoms with Crippen LogP contribution in [0.2, 0.25) is 0 Å². The number of methoxy groups -OCH3 is 1. The van der Waals surface area contributed by atoms with Gasteiger partial charge in [0, 0.05) is 47.8 Å². The average molecular weight is 531 g/mol. The van der Waals surface area contributed by atoms with Crippen molar-refractivity contribution in [2.75, 3.05) is 20.3 Å². The van der Waals surface area contributed by atoms with E-state index < -0.39 is 0 Å². The SMILES string of the molecule is C#CCOc1c(I)cc(C2C3=C(CCCC3=O)N(CC)C3=C2C(=O)CCC3)cc1OC. The van der Waals surface area contributed by atoms with Gasteiger partial charge in [0.15, 0.2) is 23.1 Å². The Hall–Kier alpha value is -2.27. The molecule has 1 heterocycles. The molecule has 0 N–H and O–H groups in total. The van der Waals surface area contributed by atoms with Gasteiger partial charge in [0.05, 0.1) is 10.7 Å². The summed E-state index contributed by atoms with van der Waals surface area (Å²) in [6.45, 7) is 3.00. The van der Waals surface area contributed by atoms with Gasteiger partial charge in [0.25, 0.3) is 0 Å². The molecule has 0 radical (unpaired) electrons. The summed E-state index contributed by atoms with van der Waals surface area (Å²) in [5, 5.41) is 0. The standard InChI is InChI=1S/C25H26INO4/c1-4-12-31-25-16(26)13-15(14-21(25)30-3)22-23-17(8-6-10-19(23)28)27(5-2)18-9-7-11-20(29)24(18)22/h1,13-14,22H,5-12H2,2-3H3. The molecule has 0 amide bonds. The molecule has 0 fully saturated rings. The van der Waals surface area contributed by atoms with Gasteiger partial charge in [-0.15, -0.1) is 6.42 Å². The van der Waals surface area contributed by atoms with Crippen molar-refractivity contribution in [2.45, 2.75) is 51.4 Å². The number of ether oxygens (including phenoxy) is 2. The van der Waals surface area contributed by atoms with Crippen molar-refractivity contribution in [3.8, 4) is 23.8 Å². The van der Waals surface area contributed by atoms with E-state index in [2.05, 4.69) is 40.3 Å². The van der Waals surface area contributed by atoms with E-state index in [9.17, 15) is 9.59 Å². The first-order chi connectivity index (χ1) is 15.0. The van der Waals surface area contributed by atoms with Gasteiger partial charge in [-0.05, 0) is 72.9 Å². The second-order valence-corrected chi connectivity index (χ2v) is 9.14. The Morgan fingerprint density at radius 3 is 2.23 bits per heavy atom. The van der Waals surface area contributed by atoms with Crippen molar-refractivity contribution in [3.63, 3.8) is 0 Å². The molecule has 1 aromatic carbocycles. The highest BCUT2D eigenvalue weighted by molar-refractivity contribution is 14.1. The first-order valence-corrected chi connectivity index (χ1v) is 11.8. The number of hydrogen-bond donors (Lipinski definition) is 0. The summed E-state index contributed by atoms with van der Waals surface area (Å²) in [6, 6.07) is 3.90. The van der Waals surface area contributed by atoms with E-state index in [0.717, 1.165) is 63.9 Å². The van der Waals surface area contributed by atoms with Gasteiger partial charge in [-0.3, -0.25) is 9.59 Å². The topological polar surface area (TPSA) is 55.8 Å². The van der Waals surface area contributed by atoms with Crippen molar-refractivity contribution in [3.05, 3.63) is 43.8 Å². The molecule has 0 aromatic heterocycles. The van der Waals surface area contributed by atoms with E-state index in [1.165, 1.54) is 0 Å². The zero-order valence-electron chi connectivity index (χ0n) is 17.9. The molecule has 1 aromatic rings. The van der Waals surface area contributed by atoms with Crippen molar-refractivity contribution >= 4 is 34.2 Å². The van der Waals surface area contributed by atoms with E-state index in [-0.39, 0.29) is 24.1 Å². The number of carbonyl (C=O) groups is 2. The maximum atomic E-state index is 13.2. The fraction of sp³-hybridized carbons (Fsp3) is 0.440. The third kappa shape index (κ3) is 3.78. The van der Waals surface area contributed by atoms with Crippen LogP contribution >= 0.6 is 22.6 Å². The largest absolute Gasteiger partial charge is 0.493 e. The molecule has 6 heteroatoms. The summed E-state index contributed by atoms with van der Waals surface area (Å²) in [4.78, 5) is 28.6. The lowest BCUT2D eigenvalue weighted by Gasteiger charge is -2.43. The van der Waals surface area contributed by atoms with E-state index in [0.29, 0.717) is 24.3 Å². The Labute approximate surface area is 197 Å². The third-order valence-electron chi connectivity index (χ3n) is 6.29. The summed E-state index contributed by atoms with van der Waals surface area (Å²) in [5.74, 6) is 3.58. The smallest absolute Gasteiger partial charge is 0.175 e. The number of rotatable bonds is 5. The van der Waals surface area contributed by atoms with Crippen LogP contribution in [-0.2, 0) is 9.59 Å². The molecule has 1 aliphatic heterocycles. The number of benzene rings is 1. The zero-order valence-corrected chi connectivity index (χ0v) is 20.1. The fourth-order valence-corrected chi connectivity index (χ4v) is 5.87. The number of terminal acetylenes is 1. The minimum atomic E-state index is -0.350. The van der Waals surface area contributed by atoms with Crippen LogP contribution in [-0.4, -0.2) is 36.7 Å². The number of hydrogen-bond acceptors (Lipinski definition) is 5. The summed E-state index contributed by atoms with van der Waals surface area (Å²) in [7, 11) is 1.59. The summed E-state index contributed by atoms with van der Waals surface area (Å²) < 4.78 is 12.2. The lowest BCUT2D eigenvalue weighted by atomic mass is 9.71. The number of carbonyl (C=O) groups excluding carboxylic acids is 2. The zero-order chi connectivity index (χ0) is 22.1. The van der Waals surface area contributed by atoms with Crippen molar-refractivity contribution in [1.82, 2.24) is 4.90 Å². The third-order valence-corrected chi connectivity index (χ3v) is 7.09. The number of allylic oxidation sites excluding steroid dienone is 4. The molecule has 0 saturated heterocycles. The van der Waals surface area contributed by atoms with Gasteiger partial charge < -0.3 is 14.4 Å². The molecule has 31 heavy (non-hydrogen) atoms. The van der Waals surface area contributed by atoms with Crippen LogP contribution in [0, 0.1) is 15.9 Å². The highest BCUT2D eigenvalue weighted by atomic mass is 127. The maximum absolute atomic E-state index is 13.2. The van der Waals surface area contributed by atoms with Crippen LogP contribution < -0.4 is 9.47 Å². The van der Waals surface area contributed by atoms with Gasteiger partial charge in [0.1, 0.15) is 6.61 Å². The predicted octanol–water partition coefficient (Wildman–Crippen LogP) is 4.75. The second-order valence-electron chi connectivity index (χ2n) is 7.98. The Bertz CT molecular complexity index is 1000. The van der Waals surface area contributed by atoms with E-state index in [4.69, 9.17) is 15.9 Å². The lowest BCUT2D eigenvalue weighted by Crippen LogP contribution is -2.39.